The Kier molecular flexibility index (Phi) is 6.24. The molecule has 0 saturated carbocycles. The third-order valence-corrected chi connectivity index (χ3v) is 3.93. The van der Waals surface area contributed by atoms with Gasteiger partial charge in [-0.05, 0) is 50.3 Å². The van der Waals surface area contributed by atoms with Gasteiger partial charge in [-0.1, -0.05) is 54.1 Å². The largest absolute Gasteiger partial charge is 0.313 e. The summed E-state index contributed by atoms with van der Waals surface area (Å²) in [6.07, 6.45) is 1.06. The third-order valence-electron chi connectivity index (χ3n) is 3.69. The lowest BCUT2D eigenvalue weighted by atomic mass is 10.0. The first kappa shape index (κ1) is 16.0. The van der Waals surface area contributed by atoms with Gasteiger partial charge >= 0.3 is 0 Å². The first-order chi connectivity index (χ1) is 10.2. The minimum atomic E-state index is 0.335. The SMILES string of the molecule is CNC(CCN(C)Cc1ccccc1)c1cccc(Cl)c1. The smallest absolute Gasteiger partial charge is 0.0409 e. The molecule has 1 N–H and O–H groups in total. The first-order valence-electron chi connectivity index (χ1n) is 7.34. The lowest BCUT2D eigenvalue weighted by molar-refractivity contribution is 0.304. The molecule has 1 unspecified atom stereocenters. The van der Waals surface area contributed by atoms with Gasteiger partial charge in [0.2, 0.25) is 0 Å². The van der Waals surface area contributed by atoms with E-state index in [1.165, 1.54) is 11.1 Å². The molecular formula is C18H23ClN2. The quantitative estimate of drug-likeness (QED) is 0.827. The zero-order valence-corrected chi connectivity index (χ0v) is 13.5. The van der Waals surface area contributed by atoms with Crippen molar-refractivity contribution in [1.82, 2.24) is 10.2 Å². The topological polar surface area (TPSA) is 15.3 Å². The van der Waals surface area contributed by atoms with Crippen LogP contribution in [0.4, 0.5) is 0 Å². The van der Waals surface area contributed by atoms with Gasteiger partial charge < -0.3 is 10.2 Å². The zero-order chi connectivity index (χ0) is 15.1. The summed E-state index contributed by atoms with van der Waals surface area (Å²) in [6.45, 7) is 2.01. The zero-order valence-electron chi connectivity index (χ0n) is 12.7. The van der Waals surface area contributed by atoms with Crippen LogP contribution in [0.15, 0.2) is 54.6 Å². The number of nitrogens with zero attached hydrogens (tertiary/aromatic N) is 1. The Hall–Kier alpha value is -1.35. The van der Waals surface area contributed by atoms with Gasteiger partial charge in [0.1, 0.15) is 0 Å². The fourth-order valence-electron chi connectivity index (χ4n) is 2.52. The summed E-state index contributed by atoms with van der Waals surface area (Å²) in [7, 11) is 4.17. The maximum absolute atomic E-state index is 6.08. The second kappa shape index (κ2) is 8.18. The van der Waals surface area contributed by atoms with Crippen LogP contribution in [0, 0.1) is 0 Å². The second-order valence-corrected chi connectivity index (χ2v) is 5.84. The highest BCUT2D eigenvalue weighted by Crippen LogP contribution is 2.20. The van der Waals surface area contributed by atoms with Gasteiger partial charge in [-0.15, -0.1) is 0 Å². The number of nitrogens with one attached hydrogen (secondary N) is 1. The summed E-state index contributed by atoms with van der Waals surface area (Å²) in [5.41, 5.74) is 2.60. The van der Waals surface area contributed by atoms with E-state index >= 15 is 0 Å². The standard InChI is InChI=1S/C18H23ClN2/c1-20-18(16-9-6-10-17(19)13-16)11-12-21(2)14-15-7-4-3-5-8-15/h3-10,13,18,20H,11-12,14H2,1-2H3. The summed E-state index contributed by atoms with van der Waals surface area (Å²) in [5.74, 6) is 0. The van der Waals surface area contributed by atoms with Crippen LogP contribution < -0.4 is 5.32 Å². The summed E-state index contributed by atoms with van der Waals surface area (Å²) in [5, 5.41) is 4.18. The molecule has 0 saturated heterocycles. The molecule has 112 valence electrons. The highest BCUT2D eigenvalue weighted by atomic mass is 35.5. The van der Waals surface area contributed by atoms with Crippen LogP contribution >= 0.6 is 11.6 Å². The predicted molar refractivity (Wildman–Crippen MR) is 90.6 cm³/mol. The van der Waals surface area contributed by atoms with Gasteiger partial charge in [0, 0.05) is 17.6 Å². The van der Waals surface area contributed by atoms with E-state index in [4.69, 9.17) is 11.6 Å². The predicted octanol–water partition coefficient (Wildman–Crippen LogP) is 4.12. The van der Waals surface area contributed by atoms with E-state index in [0.29, 0.717) is 6.04 Å². The Balaban J connectivity index is 1.88. The van der Waals surface area contributed by atoms with Crippen molar-refractivity contribution in [3.05, 3.63) is 70.7 Å². The van der Waals surface area contributed by atoms with Crippen LogP contribution in [-0.2, 0) is 6.54 Å². The van der Waals surface area contributed by atoms with Crippen molar-refractivity contribution >= 4 is 11.6 Å². The third kappa shape index (κ3) is 5.16. The maximum atomic E-state index is 6.08. The number of benzene rings is 2. The van der Waals surface area contributed by atoms with Gasteiger partial charge in [-0.25, -0.2) is 0 Å². The van der Waals surface area contributed by atoms with Crippen LogP contribution in [0.1, 0.15) is 23.6 Å². The van der Waals surface area contributed by atoms with Crippen molar-refractivity contribution in [2.75, 3.05) is 20.6 Å². The number of rotatable bonds is 7. The molecule has 0 radical (unpaired) electrons. The molecule has 2 nitrogen and oxygen atoms in total. The molecular weight excluding hydrogens is 280 g/mol. The molecule has 2 aromatic rings. The lowest BCUT2D eigenvalue weighted by Crippen LogP contribution is -2.25. The van der Waals surface area contributed by atoms with E-state index in [-0.39, 0.29) is 0 Å². The molecule has 0 aliphatic carbocycles. The first-order valence-corrected chi connectivity index (χ1v) is 7.72. The molecule has 21 heavy (non-hydrogen) atoms. The molecule has 0 spiro atoms. The Morgan fingerprint density at radius 2 is 1.86 bits per heavy atom. The van der Waals surface area contributed by atoms with Crippen molar-refractivity contribution in [2.24, 2.45) is 0 Å². The average molecular weight is 303 g/mol. The Labute approximate surface area is 132 Å². The monoisotopic (exact) mass is 302 g/mol. The number of hydrogen-bond acceptors (Lipinski definition) is 2. The molecule has 0 aliphatic heterocycles. The van der Waals surface area contributed by atoms with Crippen molar-refractivity contribution in [1.29, 1.82) is 0 Å². The van der Waals surface area contributed by atoms with Gasteiger partial charge in [0.05, 0.1) is 0 Å². The molecule has 0 heterocycles. The Morgan fingerprint density at radius 1 is 1.10 bits per heavy atom. The van der Waals surface area contributed by atoms with Crippen LogP contribution in [0.25, 0.3) is 0 Å². The molecule has 2 rings (SSSR count). The average Bonchev–Trinajstić information content (AvgIpc) is 2.49. The van der Waals surface area contributed by atoms with Gasteiger partial charge in [-0.3, -0.25) is 0 Å². The minimum Gasteiger partial charge on any atom is -0.313 e. The highest BCUT2D eigenvalue weighted by molar-refractivity contribution is 6.30. The van der Waals surface area contributed by atoms with Crippen LogP contribution in [-0.4, -0.2) is 25.5 Å². The van der Waals surface area contributed by atoms with E-state index in [1.807, 2.05) is 25.2 Å². The van der Waals surface area contributed by atoms with Crippen molar-refractivity contribution in [3.63, 3.8) is 0 Å². The fraction of sp³-hybridized carbons (Fsp3) is 0.333. The normalized spacial score (nSPS) is 12.6. The summed E-state index contributed by atoms with van der Waals surface area (Å²) >= 11 is 6.08. The van der Waals surface area contributed by atoms with E-state index in [2.05, 4.69) is 53.7 Å². The van der Waals surface area contributed by atoms with Crippen LogP contribution in [0.5, 0.6) is 0 Å². The molecule has 0 aliphatic rings. The van der Waals surface area contributed by atoms with Crippen LogP contribution in [0.3, 0.4) is 0 Å². The van der Waals surface area contributed by atoms with Gasteiger partial charge in [0.25, 0.3) is 0 Å². The molecule has 1 atom stereocenters. The molecule has 0 aromatic heterocycles. The Morgan fingerprint density at radius 3 is 2.52 bits per heavy atom. The molecule has 3 heteroatoms. The molecule has 0 amide bonds. The fourth-order valence-corrected chi connectivity index (χ4v) is 2.72. The Bertz CT molecular complexity index is 542. The highest BCUT2D eigenvalue weighted by Gasteiger charge is 2.11. The summed E-state index contributed by atoms with van der Waals surface area (Å²) < 4.78 is 0. The molecule has 2 aromatic carbocycles. The summed E-state index contributed by atoms with van der Waals surface area (Å²) in [6, 6.07) is 19.0. The van der Waals surface area contributed by atoms with Crippen molar-refractivity contribution in [2.45, 2.75) is 19.0 Å². The summed E-state index contributed by atoms with van der Waals surface area (Å²) in [4.78, 5) is 2.35. The number of halogens is 1. The molecule has 0 fully saturated rings. The van der Waals surface area contributed by atoms with E-state index in [1.54, 1.807) is 0 Å². The number of hydrogen-bond donors (Lipinski definition) is 1. The van der Waals surface area contributed by atoms with Crippen LogP contribution in [0.2, 0.25) is 5.02 Å². The van der Waals surface area contributed by atoms with E-state index < -0.39 is 0 Å². The van der Waals surface area contributed by atoms with Crippen molar-refractivity contribution in [3.8, 4) is 0 Å². The minimum absolute atomic E-state index is 0.335. The van der Waals surface area contributed by atoms with Gasteiger partial charge in [-0.2, -0.15) is 0 Å². The maximum Gasteiger partial charge on any atom is 0.0409 e. The van der Waals surface area contributed by atoms with Crippen molar-refractivity contribution < 1.29 is 0 Å². The van der Waals surface area contributed by atoms with E-state index in [9.17, 15) is 0 Å². The lowest BCUT2D eigenvalue weighted by Gasteiger charge is -2.22. The second-order valence-electron chi connectivity index (χ2n) is 5.41. The molecule has 0 bridgehead atoms. The van der Waals surface area contributed by atoms with Gasteiger partial charge in [0.15, 0.2) is 0 Å². The van der Waals surface area contributed by atoms with E-state index in [0.717, 1.165) is 24.5 Å².